The van der Waals surface area contributed by atoms with Crippen LogP contribution in [0.3, 0.4) is 0 Å². The molecule has 0 saturated heterocycles. The third-order valence-corrected chi connectivity index (χ3v) is 2.63. The molecule has 0 aliphatic rings. The molecule has 0 radical (unpaired) electrons. The Bertz CT molecular complexity index is 836. The molecule has 0 unspecified atom stereocenters. The molecule has 2 aromatic heterocycles. The topological polar surface area (TPSA) is 61.8 Å². The summed E-state index contributed by atoms with van der Waals surface area (Å²) in [6.45, 7) is 3.54. The first-order valence-corrected chi connectivity index (χ1v) is 5.20. The van der Waals surface area contributed by atoms with E-state index in [0.717, 1.165) is 16.5 Å². The number of fused-ring (bicyclic) bond motifs is 1. The molecule has 4 heteroatoms. The van der Waals surface area contributed by atoms with Gasteiger partial charge >= 0.3 is 5.63 Å². The molecule has 3 aromatic rings. The van der Waals surface area contributed by atoms with Crippen LogP contribution in [0.2, 0.25) is 0 Å². The minimum absolute atomic E-state index is 0.265. The van der Waals surface area contributed by atoms with Crippen LogP contribution in [0.4, 0.5) is 0 Å². The van der Waals surface area contributed by atoms with Crippen molar-refractivity contribution in [1.82, 2.24) is 9.97 Å². The first-order chi connectivity index (χ1) is 8.24. The second-order valence-electron chi connectivity index (χ2n) is 3.79. The molecule has 0 spiro atoms. The number of nitrogens with one attached hydrogen (secondary N) is 2. The number of aromatic amines is 2. The largest absolute Gasteiger partial charge is 0.405 e. The first-order valence-electron chi connectivity index (χ1n) is 5.20. The van der Waals surface area contributed by atoms with Crippen molar-refractivity contribution < 1.29 is 4.42 Å². The van der Waals surface area contributed by atoms with Gasteiger partial charge in [0.1, 0.15) is 5.35 Å². The van der Waals surface area contributed by atoms with E-state index in [9.17, 15) is 4.79 Å². The maximum absolute atomic E-state index is 11.4. The lowest BCUT2D eigenvalue weighted by atomic mass is 10.2. The summed E-state index contributed by atoms with van der Waals surface area (Å²) in [4.78, 5) is 17.4. The Kier molecular flexibility index (Phi) is 2.01. The number of hydrogen-bond donors (Lipinski definition) is 2. The number of para-hydroxylation sites is 1. The van der Waals surface area contributed by atoms with E-state index < -0.39 is 5.63 Å². The fourth-order valence-electron chi connectivity index (χ4n) is 1.86. The van der Waals surface area contributed by atoms with Crippen molar-refractivity contribution in [2.24, 2.45) is 0 Å². The second-order valence-corrected chi connectivity index (χ2v) is 3.79. The van der Waals surface area contributed by atoms with Crippen LogP contribution in [0.1, 0.15) is 5.56 Å². The molecule has 0 aliphatic heterocycles. The van der Waals surface area contributed by atoms with Gasteiger partial charge in [0.2, 0.25) is 0 Å². The van der Waals surface area contributed by atoms with E-state index in [1.807, 2.05) is 30.5 Å². The van der Waals surface area contributed by atoms with E-state index in [4.69, 9.17) is 4.42 Å². The standard InChI is InChI=1S/C13H10N2O2/c1-8-15-12(13(16)17-8)6-9-7-14-11-5-3-2-4-10(9)11/h2-7,14-15H,1H2. The van der Waals surface area contributed by atoms with Gasteiger partial charge in [-0.15, -0.1) is 0 Å². The van der Waals surface area contributed by atoms with Crippen LogP contribution in [0.25, 0.3) is 23.6 Å². The lowest BCUT2D eigenvalue weighted by molar-refractivity contribution is 0.488. The predicted octanol–water partition coefficient (Wildman–Crippen LogP) is 0.688. The molecule has 0 saturated carbocycles. The van der Waals surface area contributed by atoms with Gasteiger partial charge in [-0.05, 0) is 18.7 Å². The van der Waals surface area contributed by atoms with Crippen LogP contribution in [-0.4, -0.2) is 9.97 Å². The highest BCUT2D eigenvalue weighted by Crippen LogP contribution is 2.17. The SMILES string of the molecule is C=c1[nH]c(=Cc2c[nH]c3ccccc23)c(=O)o1. The number of aromatic nitrogens is 2. The molecule has 17 heavy (non-hydrogen) atoms. The highest BCUT2D eigenvalue weighted by atomic mass is 16.4. The van der Waals surface area contributed by atoms with Crippen LogP contribution in [0, 0.1) is 0 Å². The molecule has 0 bridgehead atoms. The number of benzene rings is 1. The molecule has 4 nitrogen and oxygen atoms in total. The molecule has 3 rings (SSSR count). The van der Waals surface area contributed by atoms with Crippen molar-refractivity contribution in [3.8, 4) is 0 Å². The molecule has 1 aromatic carbocycles. The van der Waals surface area contributed by atoms with Gasteiger partial charge in [-0.1, -0.05) is 18.2 Å². The van der Waals surface area contributed by atoms with Gasteiger partial charge in [0, 0.05) is 22.7 Å². The van der Waals surface area contributed by atoms with Gasteiger partial charge in [-0.3, -0.25) is 0 Å². The van der Waals surface area contributed by atoms with Crippen molar-refractivity contribution in [2.75, 3.05) is 0 Å². The van der Waals surface area contributed by atoms with E-state index in [-0.39, 0.29) is 5.55 Å². The van der Waals surface area contributed by atoms with E-state index in [2.05, 4.69) is 16.5 Å². The summed E-state index contributed by atoms with van der Waals surface area (Å²) < 4.78 is 4.81. The van der Waals surface area contributed by atoms with E-state index in [1.165, 1.54) is 0 Å². The predicted molar refractivity (Wildman–Crippen MR) is 66.0 cm³/mol. The number of hydrogen-bond acceptors (Lipinski definition) is 2. The van der Waals surface area contributed by atoms with Crippen LogP contribution in [-0.2, 0) is 0 Å². The summed E-state index contributed by atoms with van der Waals surface area (Å²) in [6.07, 6.45) is 3.60. The summed E-state index contributed by atoms with van der Waals surface area (Å²) in [7, 11) is 0. The summed E-state index contributed by atoms with van der Waals surface area (Å²) in [6, 6.07) is 7.89. The monoisotopic (exact) mass is 226 g/mol. The van der Waals surface area contributed by atoms with Crippen molar-refractivity contribution in [3.05, 3.63) is 57.3 Å². The molecule has 2 N–H and O–H groups in total. The van der Waals surface area contributed by atoms with Crippen LogP contribution >= 0.6 is 0 Å². The fraction of sp³-hybridized carbons (Fsp3) is 0. The van der Waals surface area contributed by atoms with Gasteiger partial charge in [0.15, 0.2) is 5.55 Å². The van der Waals surface area contributed by atoms with Crippen molar-refractivity contribution in [2.45, 2.75) is 0 Å². The molecule has 0 aliphatic carbocycles. The van der Waals surface area contributed by atoms with Gasteiger partial charge in [0.25, 0.3) is 0 Å². The lowest BCUT2D eigenvalue weighted by Crippen LogP contribution is -2.20. The summed E-state index contributed by atoms with van der Waals surface area (Å²) in [5.74, 6) is 0. The van der Waals surface area contributed by atoms with Crippen molar-refractivity contribution >= 4 is 23.6 Å². The number of H-pyrrole nitrogens is 2. The van der Waals surface area contributed by atoms with Gasteiger partial charge < -0.3 is 14.4 Å². The average molecular weight is 226 g/mol. The first kappa shape index (κ1) is 9.72. The minimum Gasteiger partial charge on any atom is -0.405 e. The summed E-state index contributed by atoms with van der Waals surface area (Å²) in [5.41, 5.74) is 1.83. The number of oxazole rings is 1. The maximum Gasteiger partial charge on any atom is 0.361 e. The molecular weight excluding hydrogens is 216 g/mol. The van der Waals surface area contributed by atoms with Crippen LogP contribution in [0.15, 0.2) is 39.7 Å². The highest BCUT2D eigenvalue weighted by molar-refractivity contribution is 5.88. The quantitative estimate of drug-likeness (QED) is 0.641. The van der Waals surface area contributed by atoms with Gasteiger partial charge in [0.05, 0.1) is 0 Å². The van der Waals surface area contributed by atoms with E-state index in [1.54, 1.807) is 6.08 Å². The van der Waals surface area contributed by atoms with E-state index >= 15 is 0 Å². The lowest BCUT2D eigenvalue weighted by Gasteiger charge is -1.88. The molecule has 0 fully saturated rings. The molecular formula is C13H10N2O2. The Hall–Kier alpha value is -2.49. The Morgan fingerprint density at radius 1 is 1.29 bits per heavy atom. The average Bonchev–Trinajstić information content (AvgIpc) is 2.85. The number of rotatable bonds is 1. The fourth-order valence-corrected chi connectivity index (χ4v) is 1.86. The normalized spacial score (nSPS) is 12.4. The maximum atomic E-state index is 11.4. The van der Waals surface area contributed by atoms with Crippen molar-refractivity contribution in [1.29, 1.82) is 0 Å². The zero-order chi connectivity index (χ0) is 11.8. The summed E-state index contributed by atoms with van der Waals surface area (Å²) >= 11 is 0. The Morgan fingerprint density at radius 3 is 2.88 bits per heavy atom. The highest BCUT2D eigenvalue weighted by Gasteiger charge is 2.01. The third kappa shape index (κ3) is 1.59. The summed E-state index contributed by atoms with van der Waals surface area (Å²) in [5, 5.41) is 1.46. The second kappa shape index (κ2) is 3.52. The van der Waals surface area contributed by atoms with Crippen molar-refractivity contribution in [3.63, 3.8) is 0 Å². The Balaban J connectivity index is 2.31. The van der Waals surface area contributed by atoms with Gasteiger partial charge in [-0.25, -0.2) is 4.79 Å². The van der Waals surface area contributed by atoms with Gasteiger partial charge in [-0.2, -0.15) is 0 Å². The molecule has 0 atom stereocenters. The molecule has 0 amide bonds. The Labute approximate surface area is 95.9 Å². The zero-order valence-electron chi connectivity index (χ0n) is 8.99. The van der Waals surface area contributed by atoms with Crippen LogP contribution in [0.5, 0.6) is 0 Å². The van der Waals surface area contributed by atoms with Crippen LogP contribution < -0.4 is 16.5 Å². The Morgan fingerprint density at radius 2 is 2.12 bits per heavy atom. The minimum atomic E-state index is -0.403. The molecule has 2 heterocycles. The zero-order valence-corrected chi connectivity index (χ0v) is 8.99. The third-order valence-electron chi connectivity index (χ3n) is 2.63. The van der Waals surface area contributed by atoms with E-state index in [0.29, 0.717) is 5.35 Å². The smallest absolute Gasteiger partial charge is 0.361 e. The molecule has 84 valence electrons.